The number of hydrogen-bond acceptors (Lipinski definition) is 3. The zero-order valence-corrected chi connectivity index (χ0v) is 12.4. The molecule has 0 saturated carbocycles. The number of nitrogens with one attached hydrogen (secondary N) is 1. The van der Waals surface area contributed by atoms with Gasteiger partial charge in [0.15, 0.2) is 0 Å². The lowest BCUT2D eigenvalue weighted by molar-refractivity contribution is 0.0946. The van der Waals surface area contributed by atoms with Gasteiger partial charge in [-0.2, -0.15) is 0 Å². The summed E-state index contributed by atoms with van der Waals surface area (Å²) in [6, 6.07) is 9.17. The molecule has 1 saturated heterocycles. The second-order valence-corrected chi connectivity index (χ2v) is 5.69. The van der Waals surface area contributed by atoms with Crippen LogP contribution in [-0.2, 0) is 4.74 Å². The Morgan fingerprint density at radius 3 is 3.10 bits per heavy atom. The van der Waals surface area contributed by atoms with Crippen molar-refractivity contribution in [2.24, 2.45) is 5.92 Å². The number of pyridine rings is 1. The van der Waals surface area contributed by atoms with Crippen molar-refractivity contribution in [2.75, 3.05) is 19.8 Å². The third-order valence-electron chi connectivity index (χ3n) is 3.77. The Bertz CT molecular complexity index is 654. The predicted octanol–water partition coefficient (Wildman–Crippen LogP) is 3.04. The van der Waals surface area contributed by atoms with Crippen molar-refractivity contribution < 1.29 is 9.53 Å². The van der Waals surface area contributed by atoms with Crippen molar-refractivity contribution in [2.45, 2.75) is 12.8 Å². The highest BCUT2D eigenvalue weighted by molar-refractivity contribution is 6.35. The van der Waals surface area contributed by atoms with Gasteiger partial charge in [0.1, 0.15) is 5.69 Å². The largest absolute Gasteiger partial charge is 0.381 e. The van der Waals surface area contributed by atoms with E-state index in [1.807, 2.05) is 18.2 Å². The second-order valence-electron chi connectivity index (χ2n) is 5.28. The summed E-state index contributed by atoms with van der Waals surface area (Å²) in [5, 5.41) is 4.40. The molecule has 5 heteroatoms. The SMILES string of the molecule is O=C(NCCC1CCOC1)c1ccc2cccc(Cl)c2n1. The number of amides is 1. The number of hydrogen-bond donors (Lipinski definition) is 1. The van der Waals surface area contributed by atoms with Crippen molar-refractivity contribution >= 4 is 28.4 Å². The van der Waals surface area contributed by atoms with Crippen LogP contribution in [0.1, 0.15) is 23.3 Å². The van der Waals surface area contributed by atoms with Crippen LogP contribution in [-0.4, -0.2) is 30.6 Å². The average Bonchev–Trinajstić information content (AvgIpc) is 3.00. The van der Waals surface area contributed by atoms with E-state index >= 15 is 0 Å². The molecule has 110 valence electrons. The molecule has 1 amide bonds. The van der Waals surface area contributed by atoms with Gasteiger partial charge in [0.25, 0.3) is 5.91 Å². The van der Waals surface area contributed by atoms with Crippen LogP contribution >= 0.6 is 11.6 Å². The maximum atomic E-state index is 12.1. The number of carbonyl (C=O) groups is 1. The molecule has 1 aliphatic rings. The zero-order chi connectivity index (χ0) is 14.7. The van der Waals surface area contributed by atoms with Gasteiger partial charge in [-0.25, -0.2) is 4.98 Å². The highest BCUT2D eigenvalue weighted by Gasteiger charge is 2.16. The highest BCUT2D eigenvalue weighted by Crippen LogP contribution is 2.21. The molecule has 0 spiro atoms. The summed E-state index contributed by atoms with van der Waals surface area (Å²) in [5.74, 6) is 0.403. The fourth-order valence-corrected chi connectivity index (χ4v) is 2.75. The molecule has 4 nitrogen and oxygen atoms in total. The van der Waals surface area contributed by atoms with Crippen molar-refractivity contribution in [3.05, 3.63) is 41.0 Å². The summed E-state index contributed by atoms with van der Waals surface area (Å²) in [4.78, 5) is 16.5. The first-order chi connectivity index (χ1) is 10.2. The lowest BCUT2D eigenvalue weighted by atomic mass is 10.1. The van der Waals surface area contributed by atoms with Gasteiger partial charge >= 0.3 is 0 Å². The van der Waals surface area contributed by atoms with Crippen LogP contribution in [0, 0.1) is 5.92 Å². The number of carbonyl (C=O) groups excluding carboxylic acids is 1. The van der Waals surface area contributed by atoms with Gasteiger partial charge in [-0.1, -0.05) is 29.8 Å². The van der Waals surface area contributed by atoms with E-state index in [-0.39, 0.29) is 5.91 Å². The number of nitrogens with zero attached hydrogens (tertiary/aromatic N) is 1. The summed E-state index contributed by atoms with van der Waals surface area (Å²) in [5.41, 5.74) is 1.06. The number of rotatable bonds is 4. The first-order valence-corrected chi connectivity index (χ1v) is 7.53. The molecule has 1 aromatic heterocycles. The minimum atomic E-state index is -0.157. The van der Waals surface area contributed by atoms with E-state index in [0.717, 1.165) is 31.4 Å². The van der Waals surface area contributed by atoms with E-state index in [1.165, 1.54) is 0 Å². The van der Waals surface area contributed by atoms with E-state index in [0.29, 0.717) is 28.7 Å². The predicted molar refractivity (Wildman–Crippen MR) is 82.6 cm³/mol. The van der Waals surface area contributed by atoms with Crippen LogP contribution < -0.4 is 5.32 Å². The molecule has 21 heavy (non-hydrogen) atoms. The number of ether oxygens (including phenoxy) is 1. The molecule has 1 atom stereocenters. The average molecular weight is 305 g/mol. The van der Waals surface area contributed by atoms with Gasteiger partial charge in [-0.05, 0) is 30.9 Å². The van der Waals surface area contributed by atoms with Crippen molar-refractivity contribution in [3.8, 4) is 0 Å². The van der Waals surface area contributed by atoms with Gasteiger partial charge in [0.2, 0.25) is 0 Å². The molecule has 1 fully saturated rings. The quantitative estimate of drug-likeness (QED) is 0.944. The molecule has 0 bridgehead atoms. The van der Waals surface area contributed by atoms with Crippen LogP contribution in [0.3, 0.4) is 0 Å². The lowest BCUT2D eigenvalue weighted by Gasteiger charge is -2.09. The van der Waals surface area contributed by atoms with Crippen molar-refractivity contribution in [3.63, 3.8) is 0 Å². The molecule has 1 aromatic carbocycles. The molecular weight excluding hydrogens is 288 g/mol. The van der Waals surface area contributed by atoms with E-state index in [9.17, 15) is 4.79 Å². The Labute approximate surface area is 128 Å². The number of para-hydroxylation sites is 1. The topological polar surface area (TPSA) is 51.2 Å². The normalized spacial score (nSPS) is 18.0. The smallest absolute Gasteiger partial charge is 0.269 e. The standard InChI is InChI=1S/C16H17ClN2O2/c17-13-3-1-2-12-4-5-14(19-15(12)13)16(20)18-8-6-11-7-9-21-10-11/h1-5,11H,6-10H2,(H,18,20). The Hall–Kier alpha value is -1.65. The van der Waals surface area contributed by atoms with E-state index in [4.69, 9.17) is 16.3 Å². The molecule has 2 aromatic rings. The Kier molecular flexibility index (Phi) is 4.36. The van der Waals surface area contributed by atoms with E-state index in [2.05, 4.69) is 10.3 Å². The summed E-state index contributed by atoms with van der Waals surface area (Å²) >= 11 is 6.12. The maximum absolute atomic E-state index is 12.1. The van der Waals surface area contributed by atoms with Crippen molar-refractivity contribution in [1.29, 1.82) is 0 Å². The van der Waals surface area contributed by atoms with Crippen molar-refractivity contribution in [1.82, 2.24) is 10.3 Å². The first-order valence-electron chi connectivity index (χ1n) is 7.15. The summed E-state index contributed by atoms with van der Waals surface area (Å²) < 4.78 is 5.32. The van der Waals surface area contributed by atoms with Gasteiger partial charge in [-0.15, -0.1) is 0 Å². The Morgan fingerprint density at radius 1 is 1.38 bits per heavy atom. The molecule has 3 rings (SSSR count). The fourth-order valence-electron chi connectivity index (χ4n) is 2.53. The minimum absolute atomic E-state index is 0.157. The zero-order valence-electron chi connectivity index (χ0n) is 11.6. The molecule has 1 aliphatic heterocycles. The number of benzene rings is 1. The van der Waals surface area contributed by atoms with Crippen LogP contribution in [0.25, 0.3) is 10.9 Å². The number of aromatic nitrogens is 1. The Balaban J connectivity index is 1.65. The summed E-state index contributed by atoms with van der Waals surface area (Å²) in [6.45, 7) is 2.29. The molecular formula is C16H17ClN2O2. The van der Waals surface area contributed by atoms with Crippen LogP contribution in [0.5, 0.6) is 0 Å². The molecule has 1 N–H and O–H groups in total. The summed E-state index contributed by atoms with van der Waals surface area (Å²) in [6.07, 6.45) is 2.03. The van der Waals surface area contributed by atoms with Crippen LogP contribution in [0.4, 0.5) is 0 Å². The monoisotopic (exact) mass is 304 g/mol. The van der Waals surface area contributed by atoms with Gasteiger partial charge in [-0.3, -0.25) is 4.79 Å². The molecule has 0 aliphatic carbocycles. The van der Waals surface area contributed by atoms with E-state index < -0.39 is 0 Å². The summed E-state index contributed by atoms with van der Waals surface area (Å²) in [7, 11) is 0. The van der Waals surface area contributed by atoms with Crippen LogP contribution in [0.2, 0.25) is 5.02 Å². The van der Waals surface area contributed by atoms with Crippen LogP contribution in [0.15, 0.2) is 30.3 Å². The highest BCUT2D eigenvalue weighted by atomic mass is 35.5. The van der Waals surface area contributed by atoms with Gasteiger partial charge in [0, 0.05) is 25.1 Å². The maximum Gasteiger partial charge on any atom is 0.269 e. The second kappa shape index (κ2) is 6.41. The number of fused-ring (bicyclic) bond motifs is 1. The minimum Gasteiger partial charge on any atom is -0.381 e. The van der Waals surface area contributed by atoms with E-state index in [1.54, 1.807) is 12.1 Å². The van der Waals surface area contributed by atoms with Gasteiger partial charge in [0.05, 0.1) is 10.5 Å². The molecule has 2 heterocycles. The third-order valence-corrected chi connectivity index (χ3v) is 4.07. The Morgan fingerprint density at radius 2 is 2.29 bits per heavy atom. The first kappa shape index (κ1) is 14.3. The van der Waals surface area contributed by atoms with Gasteiger partial charge < -0.3 is 10.1 Å². The molecule has 0 radical (unpaired) electrons. The molecule has 1 unspecified atom stereocenters. The fraction of sp³-hybridized carbons (Fsp3) is 0.375. The number of halogens is 1. The third kappa shape index (κ3) is 3.34. The lowest BCUT2D eigenvalue weighted by Crippen LogP contribution is -2.26.